The molecule has 0 radical (unpaired) electrons. The van der Waals surface area contributed by atoms with Gasteiger partial charge in [-0.1, -0.05) is 12.1 Å². The number of halogens is 1. The summed E-state index contributed by atoms with van der Waals surface area (Å²) >= 11 is 0. The van der Waals surface area contributed by atoms with E-state index in [4.69, 9.17) is 5.73 Å². The van der Waals surface area contributed by atoms with Gasteiger partial charge in [0.25, 0.3) is 0 Å². The standard InChI is InChI=1S/C19H27N3O2.ClH/c1-11-5-4-6-15(12(11)2)21-16(23)10-22(3)19(24)17-13-7-8-14(9-13)18(17)20;/h4-6,13-14,17-18H,7-10,20H2,1-3H3,(H,21,23);1H. The summed E-state index contributed by atoms with van der Waals surface area (Å²) < 4.78 is 0. The zero-order valence-electron chi connectivity index (χ0n) is 15.1. The van der Waals surface area contributed by atoms with Gasteiger partial charge >= 0.3 is 0 Å². The minimum Gasteiger partial charge on any atom is -0.336 e. The highest BCUT2D eigenvalue weighted by atomic mass is 35.5. The first-order valence-electron chi connectivity index (χ1n) is 8.75. The second-order valence-electron chi connectivity index (χ2n) is 7.43. The highest BCUT2D eigenvalue weighted by Crippen LogP contribution is 2.48. The number of amides is 2. The summed E-state index contributed by atoms with van der Waals surface area (Å²) in [4.78, 5) is 26.6. The lowest BCUT2D eigenvalue weighted by molar-refractivity contribution is -0.138. The number of hydrogen-bond donors (Lipinski definition) is 2. The first kappa shape index (κ1) is 19.7. The predicted molar refractivity (Wildman–Crippen MR) is 102 cm³/mol. The van der Waals surface area contributed by atoms with Crippen LogP contribution >= 0.6 is 12.4 Å². The van der Waals surface area contributed by atoms with Crippen LogP contribution in [0.15, 0.2) is 18.2 Å². The summed E-state index contributed by atoms with van der Waals surface area (Å²) in [5, 5.41) is 2.91. The van der Waals surface area contributed by atoms with Crippen molar-refractivity contribution >= 4 is 29.9 Å². The number of nitrogens with zero attached hydrogens (tertiary/aromatic N) is 1. The first-order chi connectivity index (χ1) is 11.4. The van der Waals surface area contributed by atoms with Crippen LogP contribution in [0.5, 0.6) is 0 Å². The number of rotatable bonds is 4. The third kappa shape index (κ3) is 3.82. The van der Waals surface area contributed by atoms with E-state index in [0.29, 0.717) is 11.8 Å². The molecule has 2 saturated carbocycles. The number of benzene rings is 1. The number of anilines is 1. The first-order valence-corrected chi connectivity index (χ1v) is 8.75. The smallest absolute Gasteiger partial charge is 0.243 e. The van der Waals surface area contributed by atoms with Gasteiger partial charge in [-0.05, 0) is 62.1 Å². The normalized spacial score (nSPS) is 26.9. The molecule has 2 aliphatic rings. The second kappa shape index (κ2) is 7.75. The quantitative estimate of drug-likeness (QED) is 0.860. The van der Waals surface area contributed by atoms with Crippen LogP contribution in [0.4, 0.5) is 5.69 Å². The molecular formula is C19H28ClN3O2. The molecule has 2 aliphatic carbocycles. The van der Waals surface area contributed by atoms with Gasteiger partial charge < -0.3 is 16.0 Å². The van der Waals surface area contributed by atoms with Crippen molar-refractivity contribution in [2.75, 3.05) is 18.9 Å². The van der Waals surface area contributed by atoms with Crippen molar-refractivity contribution in [3.63, 3.8) is 0 Å². The lowest BCUT2D eigenvalue weighted by Crippen LogP contribution is -2.47. The molecule has 0 aromatic heterocycles. The van der Waals surface area contributed by atoms with Gasteiger partial charge in [-0.15, -0.1) is 12.4 Å². The van der Waals surface area contributed by atoms with Gasteiger partial charge in [0.1, 0.15) is 0 Å². The van der Waals surface area contributed by atoms with Crippen molar-refractivity contribution in [1.29, 1.82) is 0 Å². The molecule has 25 heavy (non-hydrogen) atoms. The third-order valence-electron chi connectivity index (χ3n) is 5.90. The molecule has 0 aliphatic heterocycles. The molecule has 2 bridgehead atoms. The molecule has 1 aromatic carbocycles. The Kier molecular flexibility index (Phi) is 6.12. The van der Waals surface area contributed by atoms with Crippen molar-refractivity contribution in [2.24, 2.45) is 23.5 Å². The molecule has 2 amide bonds. The van der Waals surface area contributed by atoms with E-state index in [1.165, 1.54) is 4.90 Å². The van der Waals surface area contributed by atoms with E-state index >= 15 is 0 Å². The molecule has 6 heteroatoms. The fourth-order valence-electron chi connectivity index (χ4n) is 4.33. The van der Waals surface area contributed by atoms with Crippen molar-refractivity contribution in [3.05, 3.63) is 29.3 Å². The summed E-state index contributed by atoms with van der Waals surface area (Å²) in [7, 11) is 1.70. The molecular weight excluding hydrogens is 338 g/mol. The van der Waals surface area contributed by atoms with Crippen LogP contribution in [0.25, 0.3) is 0 Å². The number of aryl methyl sites for hydroxylation is 1. The van der Waals surface area contributed by atoms with E-state index in [1.54, 1.807) is 7.05 Å². The van der Waals surface area contributed by atoms with Gasteiger partial charge in [-0.25, -0.2) is 0 Å². The Morgan fingerprint density at radius 1 is 1.24 bits per heavy atom. The maximum Gasteiger partial charge on any atom is 0.243 e. The van der Waals surface area contributed by atoms with E-state index in [2.05, 4.69) is 5.32 Å². The van der Waals surface area contributed by atoms with E-state index in [0.717, 1.165) is 36.1 Å². The number of carbonyl (C=O) groups is 2. The molecule has 3 N–H and O–H groups in total. The zero-order chi connectivity index (χ0) is 17.4. The van der Waals surface area contributed by atoms with Crippen LogP contribution in [-0.4, -0.2) is 36.3 Å². The van der Waals surface area contributed by atoms with Gasteiger partial charge in [0.05, 0.1) is 12.5 Å². The molecule has 0 heterocycles. The summed E-state index contributed by atoms with van der Waals surface area (Å²) in [5.74, 6) is 0.632. The Bertz CT molecular complexity index is 662. The highest BCUT2D eigenvalue weighted by molar-refractivity contribution is 5.95. The van der Waals surface area contributed by atoms with Crippen molar-refractivity contribution in [2.45, 2.75) is 39.2 Å². The van der Waals surface area contributed by atoms with Gasteiger partial charge in [0.15, 0.2) is 0 Å². The number of nitrogens with two attached hydrogens (primary N) is 1. The van der Waals surface area contributed by atoms with Crippen LogP contribution in [-0.2, 0) is 9.59 Å². The maximum absolute atomic E-state index is 12.7. The highest BCUT2D eigenvalue weighted by Gasteiger charge is 2.49. The number of hydrogen-bond acceptors (Lipinski definition) is 3. The third-order valence-corrected chi connectivity index (χ3v) is 5.90. The topological polar surface area (TPSA) is 75.4 Å². The largest absolute Gasteiger partial charge is 0.336 e. The van der Waals surface area contributed by atoms with E-state index < -0.39 is 0 Å². The Hall–Kier alpha value is -1.59. The Morgan fingerprint density at radius 3 is 2.56 bits per heavy atom. The van der Waals surface area contributed by atoms with Crippen LogP contribution in [0.1, 0.15) is 30.4 Å². The lowest BCUT2D eigenvalue weighted by atomic mass is 9.84. The van der Waals surface area contributed by atoms with Gasteiger partial charge in [-0.3, -0.25) is 9.59 Å². The monoisotopic (exact) mass is 365 g/mol. The van der Waals surface area contributed by atoms with E-state index in [9.17, 15) is 9.59 Å². The van der Waals surface area contributed by atoms with E-state index in [1.807, 2.05) is 32.0 Å². The van der Waals surface area contributed by atoms with E-state index in [-0.39, 0.29) is 42.7 Å². The second-order valence-corrected chi connectivity index (χ2v) is 7.43. The Balaban J connectivity index is 0.00000225. The maximum atomic E-state index is 12.7. The summed E-state index contributed by atoms with van der Waals surface area (Å²) in [6.07, 6.45) is 3.31. The minimum absolute atomic E-state index is 0. The van der Waals surface area contributed by atoms with Gasteiger partial charge in [-0.2, -0.15) is 0 Å². The molecule has 138 valence electrons. The summed E-state index contributed by atoms with van der Waals surface area (Å²) in [5.41, 5.74) is 9.23. The molecule has 1 aromatic rings. The fraction of sp³-hybridized carbons (Fsp3) is 0.579. The number of nitrogens with one attached hydrogen (secondary N) is 1. The van der Waals surface area contributed by atoms with Crippen LogP contribution in [0, 0.1) is 31.6 Å². The zero-order valence-corrected chi connectivity index (χ0v) is 15.9. The molecule has 0 spiro atoms. The minimum atomic E-state index is -0.170. The van der Waals surface area contributed by atoms with Crippen LogP contribution in [0.2, 0.25) is 0 Å². The average molecular weight is 366 g/mol. The van der Waals surface area contributed by atoms with Crippen molar-refractivity contribution < 1.29 is 9.59 Å². The van der Waals surface area contributed by atoms with Crippen molar-refractivity contribution in [1.82, 2.24) is 4.90 Å². The van der Waals surface area contributed by atoms with Gasteiger partial charge in [0.2, 0.25) is 11.8 Å². The fourth-order valence-corrected chi connectivity index (χ4v) is 4.33. The molecule has 0 saturated heterocycles. The number of carbonyl (C=O) groups excluding carboxylic acids is 2. The van der Waals surface area contributed by atoms with Crippen LogP contribution < -0.4 is 11.1 Å². The molecule has 2 fully saturated rings. The number of fused-ring (bicyclic) bond motifs is 2. The van der Waals surface area contributed by atoms with Gasteiger partial charge in [0, 0.05) is 18.8 Å². The van der Waals surface area contributed by atoms with Crippen molar-refractivity contribution in [3.8, 4) is 0 Å². The van der Waals surface area contributed by atoms with Crippen LogP contribution in [0.3, 0.4) is 0 Å². The average Bonchev–Trinajstić information content (AvgIpc) is 3.12. The summed E-state index contributed by atoms with van der Waals surface area (Å²) in [6.45, 7) is 4.05. The Morgan fingerprint density at radius 2 is 1.92 bits per heavy atom. The predicted octanol–water partition coefficient (Wildman–Crippen LogP) is 2.50. The number of likely N-dealkylation sites (N-methyl/N-ethyl adjacent to an activating group) is 1. The Labute approximate surface area is 155 Å². The summed E-state index contributed by atoms with van der Waals surface area (Å²) in [6, 6.07) is 5.77. The molecule has 3 rings (SSSR count). The lowest BCUT2D eigenvalue weighted by Gasteiger charge is -2.30. The molecule has 4 atom stereocenters. The SMILES string of the molecule is Cc1cccc(NC(=O)CN(C)C(=O)C2C3CCC(C3)C2N)c1C.Cl. The molecule has 5 nitrogen and oxygen atoms in total. The molecule has 4 unspecified atom stereocenters.